The molecule has 0 fully saturated rings. The van der Waals surface area contributed by atoms with E-state index in [-0.39, 0.29) is 10.8 Å². The van der Waals surface area contributed by atoms with E-state index in [9.17, 15) is 4.79 Å². The number of hydrogen-bond donors (Lipinski definition) is 0. The molecule has 1 atom stereocenters. The van der Waals surface area contributed by atoms with E-state index in [0.29, 0.717) is 27.5 Å². The van der Waals surface area contributed by atoms with Gasteiger partial charge in [-0.2, -0.15) is 5.26 Å². The van der Waals surface area contributed by atoms with Crippen molar-refractivity contribution >= 4 is 22.7 Å². The standard InChI is InChI=1S/C18H15N3O2S/c1-12(11-19)24-18-20-16-9-4-3-8-15(16)17(22)21(18)13-6-5-7-14(10-13)23-2/h3-10,12H,1-2H3/t12-/m0/s1. The van der Waals surface area contributed by atoms with Crippen LogP contribution in [0.2, 0.25) is 0 Å². The number of para-hydroxylation sites is 1. The van der Waals surface area contributed by atoms with E-state index in [0.717, 1.165) is 0 Å². The third-order valence-electron chi connectivity index (χ3n) is 3.52. The fraction of sp³-hybridized carbons (Fsp3) is 0.167. The molecule has 0 N–H and O–H groups in total. The summed E-state index contributed by atoms with van der Waals surface area (Å²) in [6.07, 6.45) is 0. The van der Waals surface area contributed by atoms with Gasteiger partial charge in [0.2, 0.25) is 0 Å². The fourth-order valence-electron chi connectivity index (χ4n) is 2.35. The summed E-state index contributed by atoms with van der Waals surface area (Å²) < 4.78 is 6.78. The van der Waals surface area contributed by atoms with Crippen LogP contribution in [0.4, 0.5) is 0 Å². The SMILES string of the molecule is COc1cccc(-n2c(S[C@@H](C)C#N)nc3ccccc3c2=O)c1. The van der Waals surface area contributed by atoms with E-state index in [1.54, 1.807) is 32.2 Å². The van der Waals surface area contributed by atoms with Gasteiger partial charge in [-0.15, -0.1) is 0 Å². The van der Waals surface area contributed by atoms with Crippen molar-refractivity contribution in [3.8, 4) is 17.5 Å². The van der Waals surface area contributed by atoms with Gasteiger partial charge >= 0.3 is 0 Å². The summed E-state index contributed by atoms with van der Waals surface area (Å²) in [5.74, 6) is 0.650. The Morgan fingerprint density at radius 3 is 2.79 bits per heavy atom. The molecule has 0 aliphatic carbocycles. The summed E-state index contributed by atoms with van der Waals surface area (Å²) in [7, 11) is 1.58. The number of ether oxygens (including phenoxy) is 1. The quantitative estimate of drug-likeness (QED) is 0.539. The first-order chi connectivity index (χ1) is 11.6. The molecule has 0 bridgehead atoms. The Labute approximate surface area is 143 Å². The van der Waals surface area contributed by atoms with Crippen molar-refractivity contribution < 1.29 is 4.74 Å². The molecule has 1 heterocycles. The molecule has 120 valence electrons. The number of benzene rings is 2. The summed E-state index contributed by atoms with van der Waals surface area (Å²) in [6, 6.07) is 16.6. The number of rotatable bonds is 4. The minimum atomic E-state index is -0.324. The van der Waals surface area contributed by atoms with E-state index in [4.69, 9.17) is 10.00 Å². The maximum Gasteiger partial charge on any atom is 0.266 e. The molecular formula is C18H15N3O2S. The van der Waals surface area contributed by atoms with Crippen molar-refractivity contribution in [1.29, 1.82) is 5.26 Å². The van der Waals surface area contributed by atoms with Crippen LogP contribution in [-0.4, -0.2) is 21.9 Å². The van der Waals surface area contributed by atoms with Crippen LogP contribution in [0.25, 0.3) is 16.6 Å². The molecule has 0 saturated carbocycles. The predicted octanol–water partition coefficient (Wildman–Crippen LogP) is 3.40. The number of methoxy groups -OCH3 is 1. The maximum absolute atomic E-state index is 13.0. The van der Waals surface area contributed by atoms with Crippen molar-refractivity contribution in [2.45, 2.75) is 17.3 Å². The Bertz CT molecular complexity index is 991. The van der Waals surface area contributed by atoms with Crippen molar-refractivity contribution in [3.05, 3.63) is 58.9 Å². The summed E-state index contributed by atoms with van der Waals surface area (Å²) in [6.45, 7) is 1.78. The Hall–Kier alpha value is -2.78. The second-order valence-corrected chi connectivity index (χ2v) is 6.45. The van der Waals surface area contributed by atoms with Crippen LogP contribution in [0.1, 0.15) is 6.92 Å². The van der Waals surface area contributed by atoms with Crippen LogP contribution in [0.5, 0.6) is 5.75 Å². The number of thioether (sulfide) groups is 1. The van der Waals surface area contributed by atoms with Gasteiger partial charge in [-0.25, -0.2) is 4.98 Å². The molecule has 0 spiro atoms. The Balaban J connectivity index is 2.30. The third-order valence-corrected chi connectivity index (χ3v) is 4.46. The van der Waals surface area contributed by atoms with Crippen molar-refractivity contribution in [1.82, 2.24) is 9.55 Å². The molecule has 6 heteroatoms. The van der Waals surface area contributed by atoms with Gasteiger partial charge < -0.3 is 4.74 Å². The van der Waals surface area contributed by atoms with Crippen molar-refractivity contribution in [2.75, 3.05) is 7.11 Å². The van der Waals surface area contributed by atoms with Gasteiger partial charge in [0, 0.05) is 6.07 Å². The lowest BCUT2D eigenvalue weighted by atomic mass is 10.2. The molecule has 0 amide bonds. The number of nitrogens with zero attached hydrogens (tertiary/aromatic N) is 3. The van der Waals surface area contributed by atoms with Gasteiger partial charge in [-0.1, -0.05) is 30.0 Å². The first kappa shape index (κ1) is 16.1. The highest BCUT2D eigenvalue weighted by Crippen LogP contribution is 2.26. The highest BCUT2D eigenvalue weighted by atomic mass is 32.2. The summed E-state index contributed by atoms with van der Waals surface area (Å²) in [5.41, 5.74) is 1.11. The zero-order valence-electron chi connectivity index (χ0n) is 13.3. The number of aromatic nitrogens is 2. The number of fused-ring (bicyclic) bond motifs is 1. The van der Waals surface area contributed by atoms with E-state index < -0.39 is 0 Å². The minimum absolute atomic E-state index is 0.165. The second kappa shape index (κ2) is 6.77. The van der Waals surface area contributed by atoms with Crippen LogP contribution in [0.3, 0.4) is 0 Å². The normalized spacial score (nSPS) is 11.9. The average molecular weight is 337 g/mol. The maximum atomic E-state index is 13.0. The summed E-state index contributed by atoms with van der Waals surface area (Å²) in [4.78, 5) is 17.6. The highest BCUT2D eigenvalue weighted by molar-refractivity contribution is 8.00. The molecule has 3 rings (SSSR count). The van der Waals surface area contributed by atoms with Gasteiger partial charge in [0.1, 0.15) is 5.75 Å². The molecule has 0 aliphatic heterocycles. The van der Waals surface area contributed by atoms with E-state index >= 15 is 0 Å². The number of nitriles is 1. The molecule has 1 aromatic heterocycles. The molecule has 24 heavy (non-hydrogen) atoms. The van der Waals surface area contributed by atoms with Gasteiger partial charge in [0.15, 0.2) is 5.16 Å². The predicted molar refractivity (Wildman–Crippen MR) is 94.8 cm³/mol. The molecular weight excluding hydrogens is 322 g/mol. The first-order valence-corrected chi connectivity index (χ1v) is 8.24. The first-order valence-electron chi connectivity index (χ1n) is 7.36. The van der Waals surface area contributed by atoms with Crippen LogP contribution in [0.15, 0.2) is 58.5 Å². The summed E-state index contributed by atoms with van der Waals surface area (Å²) >= 11 is 1.26. The Morgan fingerprint density at radius 1 is 1.25 bits per heavy atom. The largest absolute Gasteiger partial charge is 0.497 e. The Morgan fingerprint density at radius 2 is 2.04 bits per heavy atom. The smallest absolute Gasteiger partial charge is 0.266 e. The minimum Gasteiger partial charge on any atom is -0.497 e. The van der Waals surface area contributed by atoms with Crippen LogP contribution < -0.4 is 10.3 Å². The fourth-order valence-corrected chi connectivity index (χ4v) is 3.17. The van der Waals surface area contributed by atoms with E-state index in [2.05, 4.69) is 11.1 Å². The highest BCUT2D eigenvalue weighted by Gasteiger charge is 2.16. The topological polar surface area (TPSA) is 67.9 Å². The Kier molecular flexibility index (Phi) is 4.54. The van der Waals surface area contributed by atoms with Crippen LogP contribution in [-0.2, 0) is 0 Å². The second-order valence-electron chi connectivity index (χ2n) is 5.14. The zero-order chi connectivity index (χ0) is 17.1. The lowest BCUT2D eigenvalue weighted by Gasteiger charge is -2.14. The molecule has 0 unspecified atom stereocenters. The summed E-state index contributed by atoms with van der Waals surface area (Å²) in [5, 5.41) is 9.82. The third kappa shape index (κ3) is 2.99. The molecule has 2 aromatic carbocycles. The van der Waals surface area contributed by atoms with Gasteiger partial charge in [0.05, 0.1) is 35.0 Å². The lowest BCUT2D eigenvalue weighted by molar-refractivity contribution is 0.414. The van der Waals surface area contributed by atoms with E-state index in [1.807, 2.05) is 30.3 Å². The van der Waals surface area contributed by atoms with Gasteiger partial charge in [0.25, 0.3) is 5.56 Å². The lowest BCUT2D eigenvalue weighted by Crippen LogP contribution is -2.22. The number of hydrogen-bond acceptors (Lipinski definition) is 5. The molecule has 0 radical (unpaired) electrons. The molecule has 0 saturated heterocycles. The van der Waals surface area contributed by atoms with Crippen LogP contribution in [0, 0.1) is 11.3 Å². The molecule has 0 aliphatic rings. The van der Waals surface area contributed by atoms with Gasteiger partial charge in [-0.3, -0.25) is 9.36 Å². The van der Waals surface area contributed by atoms with Crippen molar-refractivity contribution in [2.24, 2.45) is 0 Å². The van der Waals surface area contributed by atoms with Crippen molar-refractivity contribution in [3.63, 3.8) is 0 Å². The van der Waals surface area contributed by atoms with E-state index in [1.165, 1.54) is 16.3 Å². The molecule has 3 aromatic rings. The van der Waals surface area contributed by atoms with Gasteiger partial charge in [-0.05, 0) is 31.2 Å². The monoisotopic (exact) mass is 337 g/mol. The average Bonchev–Trinajstić information content (AvgIpc) is 2.62. The van der Waals surface area contributed by atoms with Crippen LogP contribution >= 0.6 is 11.8 Å². The molecule has 5 nitrogen and oxygen atoms in total. The zero-order valence-corrected chi connectivity index (χ0v) is 14.1.